The molecular formula is C20H30N2O. The van der Waals surface area contributed by atoms with Gasteiger partial charge in [0.15, 0.2) is 0 Å². The van der Waals surface area contributed by atoms with Gasteiger partial charge in [0.05, 0.1) is 0 Å². The highest BCUT2D eigenvalue weighted by atomic mass is 16.1. The number of nitrogens with one attached hydrogen (secondary N) is 1. The molecule has 3 nitrogen and oxygen atoms in total. The molecule has 1 saturated carbocycles. The number of hydrogen-bond donors (Lipinski definition) is 1. The Labute approximate surface area is 140 Å². The number of fused-ring (bicyclic) bond motifs is 1. The van der Waals surface area contributed by atoms with E-state index in [1.165, 1.54) is 49.8 Å². The van der Waals surface area contributed by atoms with Crippen molar-refractivity contribution in [3.8, 4) is 0 Å². The summed E-state index contributed by atoms with van der Waals surface area (Å²) in [7, 11) is 0. The maximum Gasteiger partial charge on any atom is 0.223 e. The van der Waals surface area contributed by atoms with Crippen LogP contribution in [0.1, 0.15) is 56.1 Å². The second-order valence-electron chi connectivity index (χ2n) is 7.13. The quantitative estimate of drug-likeness (QED) is 0.815. The molecule has 1 aliphatic heterocycles. The third-order valence-electron chi connectivity index (χ3n) is 5.39. The fourth-order valence-electron chi connectivity index (χ4n) is 3.93. The molecule has 0 bridgehead atoms. The lowest BCUT2D eigenvalue weighted by Gasteiger charge is -2.28. The molecule has 3 heteroatoms. The fraction of sp³-hybridized carbons (Fsp3) is 0.650. The van der Waals surface area contributed by atoms with Gasteiger partial charge in [-0.3, -0.25) is 9.69 Å². The summed E-state index contributed by atoms with van der Waals surface area (Å²) in [5.41, 5.74) is 3.01. The van der Waals surface area contributed by atoms with E-state index in [-0.39, 0.29) is 0 Å². The standard InChI is InChI=1S/C20H30N2O/c23-20(18-9-2-1-3-10-18)21-13-6-7-14-22-15-12-17-8-4-5-11-19(17)16-22/h4-5,8,11,18H,1-3,6-7,9-10,12-16H2,(H,21,23). The number of unbranched alkanes of at least 4 members (excludes halogenated alkanes) is 1. The highest BCUT2D eigenvalue weighted by Gasteiger charge is 2.20. The van der Waals surface area contributed by atoms with E-state index in [0.717, 1.165) is 38.9 Å². The van der Waals surface area contributed by atoms with Crippen LogP contribution in [-0.2, 0) is 17.8 Å². The molecule has 2 aliphatic rings. The molecule has 0 saturated heterocycles. The predicted molar refractivity (Wildman–Crippen MR) is 94.2 cm³/mol. The molecule has 1 amide bonds. The molecule has 0 unspecified atom stereocenters. The molecule has 1 aromatic carbocycles. The van der Waals surface area contributed by atoms with Gasteiger partial charge < -0.3 is 5.32 Å². The van der Waals surface area contributed by atoms with Crippen molar-refractivity contribution in [3.05, 3.63) is 35.4 Å². The van der Waals surface area contributed by atoms with Gasteiger partial charge in [-0.25, -0.2) is 0 Å². The van der Waals surface area contributed by atoms with Gasteiger partial charge in [-0.1, -0.05) is 43.5 Å². The van der Waals surface area contributed by atoms with Crippen LogP contribution >= 0.6 is 0 Å². The first-order valence-electron chi connectivity index (χ1n) is 9.40. The van der Waals surface area contributed by atoms with E-state index in [2.05, 4.69) is 34.5 Å². The van der Waals surface area contributed by atoms with Crippen molar-refractivity contribution >= 4 is 5.91 Å². The SMILES string of the molecule is O=C(NCCCCN1CCc2ccccc2C1)C1CCCCC1. The van der Waals surface area contributed by atoms with Crippen molar-refractivity contribution in [2.24, 2.45) is 5.92 Å². The Morgan fingerprint density at radius 1 is 1.09 bits per heavy atom. The van der Waals surface area contributed by atoms with E-state index < -0.39 is 0 Å². The Hall–Kier alpha value is -1.35. The van der Waals surface area contributed by atoms with Crippen LogP contribution in [0, 0.1) is 5.92 Å². The highest BCUT2D eigenvalue weighted by molar-refractivity contribution is 5.78. The Balaban J connectivity index is 1.29. The van der Waals surface area contributed by atoms with Crippen molar-refractivity contribution in [1.82, 2.24) is 10.2 Å². The van der Waals surface area contributed by atoms with Gasteiger partial charge in [0.1, 0.15) is 0 Å². The van der Waals surface area contributed by atoms with Gasteiger partial charge >= 0.3 is 0 Å². The maximum absolute atomic E-state index is 12.1. The van der Waals surface area contributed by atoms with Gasteiger partial charge in [-0.15, -0.1) is 0 Å². The number of carbonyl (C=O) groups excluding carboxylic acids is 1. The van der Waals surface area contributed by atoms with Crippen molar-refractivity contribution in [1.29, 1.82) is 0 Å². The fourth-order valence-corrected chi connectivity index (χ4v) is 3.93. The summed E-state index contributed by atoms with van der Waals surface area (Å²) in [5, 5.41) is 3.15. The zero-order valence-corrected chi connectivity index (χ0v) is 14.2. The van der Waals surface area contributed by atoms with Gasteiger partial charge in [-0.05, 0) is 49.8 Å². The second kappa shape index (κ2) is 8.49. The minimum Gasteiger partial charge on any atom is -0.356 e. The van der Waals surface area contributed by atoms with Crippen LogP contribution < -0.4 is 5.32 Å². The van der Waals surface area contributed by atoms with Crippen LogP contribution in [0.3, 0.4) is 0 Å². The minimum atomic E-state index is 0.294. The number of nitrogens with zero attached hydrogens (tertiary/aromatic N) is 1. The lowest BCUT2D eigenvalue weighted by Crippen LogP contribution is -2.34. The molecule has 1 fully saturated rings. The van der Waals surface area contributed by atoms with E-state index in [9.17, 15) is 4.79 Å². The molecule has 1 aliphatic carbocycles. The van der Waals surface area contributed by atoms with Crippen LogP contribution in [0.5, 0.6) is 0 Å². The molecule has 0 spiro atoms. The number of amides is 1. The van der Waals surface area contributed by atoms with E-state index in [4.69, 9.17) is 0 Å². The van der Waals surface area contributed by atoms with Crippen molar-refractivity contribution < 1.29 is 4.79 Å². The number of hydrogen-bond acceptors (Lipinski definition) is 2. The molecule has 0 atom stereocenters. The average molecular weight is 314 g/mol. The molecule has 0 radical (unpaired) electrons. The smallest absolute Gasteiger partial charge is 0.223 e. The number of carbonyl (C=O) groups is 1. The van der Waals surface area contributed by atoms with E-state index >= 15 is 0 Å². The Kier molecular flexibility index (Phi) is 6.09. The Morgan fingerprint density at radius 3 is 2.70 bits per heavy atom. The largest absolute Gasteiger partial charge is 0.356 e. The van der Waals surface area contributed by atoms with Crippen molar-refractivity contribution in [3.63, 3.8) is 0 Å². The second-order valence-corrected chi connectivity index (χ2v) is 7.13. The highest BCUT2D eigenvalue weighted by Crippen LogP contribution is 2.23. The Bertz CT molecular complexity index is 508. The lowest BCUT2D eigenvalue weighted by molar-refractivity contribution is -0.125. The predicted octanol–water partition coefficient (Wildman–Crippen LogP) is 3.52. The molecule has 1 aromatic rings. The molecular weight excluding hydrogens is 284 g/mol. The molecule has 1 N–H and O–H groups in total. The average Bonchev–Trinajstić information content (AvgIpc) is 2.62. The van der Waals surface area contributed by atoms with Crippen LogP contribution in [0.4, 0.5) is 0 Å². The summed E-state index contributed by atoms with van der Waals surface area (Å²) in [6.45, 7) is 4.25. The van der Waals surface area contributed by atoms with Crippen molar-refractivity contribution in [2.45, 2.75) is 57.9 Å². The van der Waals surface area contributed by atoms with Gasteiger partial charge in [0.2, 0.25) is 5.91 Å². The first-order valence-corrected chi connectivity index (χ1v) is 9.40. The minimum absolute atomic E-state index is 0.294. The van der Waals surface area contributed by atoms with Gasteiger partial charge in [0.25, 0.3) is 0 Å². The monoisotopic (exact) mass is 314 g/mol. The normalized spacial score (nSPS) is 19.3. The topological polar surface area (TPSA) is 32.3 Å². The van der Waals surface area contributed by atoms with Gasteiger partial charge in [0, 0.05) is 25.6 Å². The van der Waals surface area contributed by atoms with Crippen LogP contribution in [-0.4, -0.2) is 30.4 Å². The summed E-state index contributed by atoms with van der Waals surface area (Å²) < 4.78 is 0. The van der Waals surface area contributed by atoms with E-state index in [1.54, 1.807) is 0 Å². The molecule has 1 heterocycles. The number of benzene rings is 1. The molecule has 23 heavy (non-hydrogen) atoms. The summed E-state index contributed by atoms with van der Waals surface area (Å²) in [4.78, 5) is 14.6. The molecule has 3 rings (SSSR count). The molecule has 126 valence electrons. The maximum atomic E-state index is 12.1. The third-order valence-corrected chi connectivity index (χ3v) is 5.39. The van der Waals surface area contributed by atoms with Gasteiger partial charge in [-0.2, -0.15) is 0 Å². The summed E-state index contributed by atoms with van der Waals surface area (Å²) in [6, 6.07) is 8.80. The summed E-state index contributed by atoms with van der Waals surface area (Å²) in [6.07, 6.45) is 9.40. The van der Waals surface area contributed by atoms with E-state index in [0.29, 0.717) is 11.8 Å². The first-order chi connectivity index (χ1) is 11.3. The Morgan fingerprint density at radius 2 is 1.87 bits per heavy atom. The number of rotatable bonds is 6. The van der Waals surface area contributed by atoms with Crippen LogP contribution in [0.2, 0.25) is 0 Å². The lowest BCUT2D eigenvalue weighted by atomic mass is 9.89. The first kappa shape index (κ1) is 16.5. The zero-order chi connectivity index (χ0) is 15.9. The van der Waals surface area contributed by atoms with Crippen LogP contribution in [0.25, 0.3) is 0 Å². The van der Waals surface area contributed by atoms with Crippen molar-refractivity contribution in [2.75, 3.05) is 19.6 Å². The third kappa shape index (κ3) is 4.81. The summed E-state index contributed by atoms with van der Waals surface area (Å²) in [5.74, 6) is 0.596. The zero-order valence-electron chi connectivity index (χ0n) is 14.2. The molecule has 0 aromatic heterocycles. The van der Waals surface area contributed by atoms with Crippen LogP contribution in [0.15, 0.2) is 24.3 Å². The van der Waals surface area contributed by atoms with E-state index in [1.807, 2.05) is 0 Å². The summed E-state index contributed by atoms with van der Waals surface area (Å²) >= 11 is 0.